The molecule has 0 radical (unpaired) electrons. The summed E-state index contributed by atoms with van der Waals surface area (Å²) < 4.78 is 2.06. The van der Waals surface area contributed by atoms with Crippen molar-refractivity contribution in [2.45, 2.75) is 26.3 Å². The average molecular weight is 629 g/mol. The van der Waals surface area contributed by atoms with E-state index in [0.717, 1.165) is 70.7 Å². The monoisotopic (exact) mass is 628 g/mol. The number of thiazole rings is 1. The van der Waals surface area contributed by atoms with E-state index >= 15 is 0 Å². The third kappa shape index (κ3) is 6.49. The van der Waals surface area contributed by atoms with Gasteiger partial charge in [0, 0.05) is 72.6 Å². The van der Waals surface area contributed by atoms with Gasteiger partial charge in [0.05, 0.1) is 17.8 Å². The van der Waals surface area contributed by atoms with Gasteiger partial charge in [-0.25, -0.2) is 15.0 Å². The van der Waals surface area contributed by atoms with Gasteiger partial charge in [-0.1, -0.05) is 48.5 Å². The number of amides is 1. The van der Waals surface area contributed by atoms with E-state index in [1.54, 1.807) is 17.5 Å². The topological polar surface area (TPSA) is 90.7 Å². The van der Waals surface area contributed by atoms with Crippen LogP contribution in [0.5, 0.6) is 0 Å². The van der Waals surface area contributed by atoms with Crippen LogP contribution in [0.15, 0.2) is 103 Å². The molecule has 1 fully saturated rings. The molecule has 46 heavy (non-hydrogen) atoms. The number of hydrogen-bond donors (Lipinski definition) is 2. The Morgan fingerprint density at radius 1 is 0.891 bits per heavy atom. The Kier molecular flexibility index (Phi) is 8.45. The summed E-state index contributed by atoms with van der Waals surface area (Å²) in [5.41, 5.74) is 7.12. The number of carbonyl (C=O) groups is 1. The molecule has 1 amide bonds. The number of nitrogens with one attached hydrogen (secondary N) is 2. The van der Waals surface area contributed by atoms with Gasteiger partial charge in [-0.2, -0.15) is 0 Å². The fourth-order valence-corrected chi connectivity index (χ4v) is 6.63. The second kappa shape index (κ2) is 13.1. The van der Waals surface area contributed by atoms with Crippen molar-refractivity contribution < 1.29 is 4.79 Å². The summed E-state index contributed by atoms with van der Waals surface area (Å²) in [4.78, 5) is 33.1. The third-order valence-electron chi connectivity index (χ3n) is 8.30. The standard InChI is InChI=1S/C36H36N8OS/c1-25(2)42-16-18-43(19-17-42)30-13-7-12-29(24-30)39-35-37-15-14-31(40-35)34-33(41-36-44(34)20-21-46-36)27-10-6-11-28(23-27)38-32(45)22-26-8-4-3-5-9-26/h3-15,20-21,23-25H,16-19,22H2,1-2H3,(H,38,45)(H,37,39,40). The lowest BCUT2D eigenvalue weighted by Crippen LogP contribution is -2.48. The number of imidazole rings is 1. The van der Waals surface area contributed by atoms with Crippen LogP contribution in [0.2, 0.25) is 0 Å². The van der Waals surface area contributed by atoms with Crippen LogP contribution >= 0.6 is 11.3 Å². The summed E-state index contributed by atoms with van der Waals surface area (Å²) in [6.07, 6.45) is 4.09. The van der Waals surface area contributed by atoms with Gasteiger partial charge in [0.1, 0.15) is 5.69 Å². The van der Waals surface area contributed by atoms with E-state index in [1.807, 2.05) is 78.3 Å². The lowest BCUT2D eigenvalue weighted by molar-refractivity contribution is -0.115. The average Bonchev–Trinajstić information content (AvgIpc) is 3.68. The first-order valence-electron chi connectivity index (χ1n) is 15.6. The zero-order valence-corrected chi connectivity index (χ0v) is 26.7. The quantitative estimate of drug-likeness (QED) is 0.179. The molecule has 0 bridgehead atoms. The predicted molar refractivity (Wildman–Crippen MR) is 187 cm³/mol. The van der Waals surface area contributed by atoms with Crippen LogP contribution < -0.4 is 15.5 Å². The van der Waals surface area contributed by atoms with Gasteiger partial charge >= 0.3 is 0 Å². The van der Waals surface area contributed by atoms with Crippen LogP contribution in [0.25, 0.3) is 27.6 Å². The molecular weight excluding hydrogens is 593 g/mol. The van der Waals surface area contributed by atoms with Crippen molar-refractivity contribution >= 4 is 45.2 Å². The molecule has 1 aliphatic rings. The second-order valence-electron chi connectivity index (χ2n) is 11.7. The fraction of sp³-hybridized carbons (Fsp3) is 0.222. The maximum absolute atomic E-state index is 12.8. The van der Waals surface area contributed by atoms with E-state index in [4.69, 9.17) is 9.97 Å². The summed E-state index contributed by atoms with van der Waals surface area (Å²) in [6.45, 7) is 8.66. The summed E-state index contributed by atoms with van der Waals surface area (Å²) in [7, 11) is 0. The molecule has 0 spiro atoms. The molecule has 7 rings (SSSR count). The van der Waals surface area contributed by atoms with Gasteiger partial charge in [0.25, 0.3) is 0 Å². The molecule has 4 heterocycles. The van der Waals surface area contributed by atoms with Gasteiger partial charge in [0.15, 0.2) is 4.96 Å². The minimum absolute atomic E-state index is 0.0669. The third-order valence-corrected chi connectivity index (χ3v) is 9.06. The molecule has 3 aromatic heterocycles. The van der Waals surface area contributed by atoms with Crippen LogP contribution in [-0.4, -0.2) is 62.4 Å². The highest BCUT2D eigenvalue weighted by atomic mass is 32.1. The molecule has 2 N–H and O–H groups in total. The number of benzene rings is 3. The molecule has 9 nitrogen and oxygen atoms in total. The van der Waals surface area contributed by atoms with E-state index < -0.39 is 0 Å². The first kappa shape index (κ1) is 29.6. The molecule has 0 aliphatic carbocycles. The predicted octanol–water partition coefficient (Wildman–Crippen LogP) is 6.98. The number of rotatable bonds is 9. The van der Waals surface area contributed by atoms with Crippen molar-refractivity contribution in [1.82, 2.24) is 24.3 Å². The van der Waals surface area contributed by atoms with E-state index in [9.17, 15) is 4.79 Å². The molecule has 1 aliphatic heterocycles. The lowest BCUT2D eigenvalue weighted by Gasteiger charge is -2.38. The molecule has 6 aromatic rings. The van der Waals surface area contributed by atoms with Gasteiger partial charge < -0.3 is 15.5 Å². The molecule has 3 aromatic carbocycles. The Morgan fingerprint density at radius 2 is 1.70 bits per heavy atom. The van der Waals surface area contributed by atoms with Crippen LogP contribution in [0.4, 0.5) is 23.0 Å². The van der Waals surface area contributed by atoms with E-state index in [1.165, 1.54) is 5.69 Å². The molecule has 232 valence electrons. The van der Waals surface area contributed by atoms with Gasteiger partial charge in [0.2, 0.25) is 11.9 Å². The van der Waals surface area contributed by atoms with Gasteiger partial charge in [-0.15, -0.1) is 11.3 Å². The molecule has 1 saturated heterocycles. The molecule has 0 unspecified atom stereocenters. The second-order valence-corrected chi connectivity index (χ2v) is 12.6. The number of piperazine rings is 1. The fourth-order valence-electron chi connectivity index (χ4n) is 5.92. The Balaban J connectivity index is 1.13. The van der Waals surface area contributed by atoms with E-state index in [-0.39, 0.29) is 5.91 Å². The number of nitrogens with zero attached hydrogens (tertiary/aromatic N) is 6. The van der Waals surface area contributed by atoms with Gasteiger partial charge in [-0.3, -0.25) is 14.1 Å². The van der Waals surface area contributed by atoms with E-state index in [2.05, 4.69) is 61.9 Å². The minimum atomic E-state index is -0.0669. The maximum atomic E-state index is 12.8. The van der Waals surface area contributed by atoms with Crippen molar-refractivity contribution in [2.75, 3.05) is 41.7 Å². The Bertz CT molecular complexity index is 1960. The molecule has 0 saturated carbocycles. The Morgan fingerprint density at radius 3 is 2.52 bits per heavy atom. The minimum Gasteiger partial charge on any atom is -0.369 e. The van der Waals surface area contributed by atoms with Crippen molar-refractivity contribution in [3.63, 3.8) is 0 Å². The largest absolute Gasteiger partial charge is 0.369 e. The smallest absolute Gasteiger partial charge is 0.228 e. The first-order chi connectivity index (χ1) is 22.5. The van der Waals surface area contributed by atoms with Crippen molar-refractivity contribution in [1.29, 1.82) is 0 Å². The van der Waals surface area contributed by atoms with Crippen molar-refractivity contribution in [3.05, 3.63) is 108 Å². The molecular formula is C36H36N8OS. The lowest BCUT2D eigenvalue weighted by atomic mass is 10.1. The number of hydrogen-bond acceptors (Lipinski definition) is 8. The normalized spacial score (nSPS) is 13.8. The summed E-state index contributed by atoms with van der Waals surface area (Å²) in [5.74, 6) is 0.445. The highest BCUT2D eigenvalue weighted by molar-refractivity contribution is 7.15. The number of carbonyl (C=O) groups excluding carboxylic acids is 1. The molecule has 10 heteroatoms. The van der Waals surface area contributed by atoms with Crippen LogP contribution in [0.3, 0.4) is 0 Å². The number of aromatic nitrogens is 4. The van der Waals surface area contributed by atoms with Gasteiger partial charge in [-0.05, 0) is 55.8 Å². The number of anilines is 4. The summed E-state index contributed by atoms with van der Waals surface area (Å²) >= 11 is 1.57. The SMILES string of the molecule is CC(C)N1CCN(c2cccc(Nc3nccc(-c4c(-c5cccc(NC(=O)Cc6ccccc6)c5)nc5sccn45)n3)c2)CC1. The summed E-state index contributed by atoms with van der Waals surface area (Å²) in [6, 6.07) is 28.5. The first-order valence-corrected chi connectivity index (χ1v) is 16.5. The zero-order valence-electron chi connectivity index (χ0n) is 25.9. The van der Waals surface area contributed by atoms with Crippen LogP contribution in [0, 0.1) is 0 Å². The van der Waals surface area contributed by atoms with Crippen LogP contribution in [0.1, 0.15) is 19.4 Å². The van der Waals surface area contributed by atoms with Crippen molar-refractivity contribution in [3.8, 4) is 22.6 Å². The highest BCUT2D eigenvalue weighted by Gasteiger charge is 2.21. The number of fused-ring (bicyclic) bond motifs is 1. The van der Waals surface area contributed by atoms with Crippen LogP contribution in [-0.2, 0) is 11.2 Å². The zero-order chi connectivity index (χ0) is 31.5. The Labute approximate surface area is 272 Å². The molecule has 0 atom stereocenters. The highest BCUT2D eigenvalue weighted by Crippen LogP contribution is 2.35. The van der Waals surface area contributed by atoms with Crippen molar-refractivity contribution in [2.24, 2.45) is 0 Å². The summed E-state index contributed by atoms with van der Waals surface area (Å²) in [5, 5.41) is 8.49. The van der Waals surface area contributed by atoms with E-state index in [0.29, 0.717) is 18.4 Å². The Hall–Kier alpha value is -5.06. The maximum Gasteiger partial charge on any atom is 0.228 e.